The second-order valence-corrected chi connectivity index (χ2v) is 5.71. The second kappa shape index (κ2) is 5.33. The first kappa shape index (κ1) is 14.7. The smallest absolute Gasteiger partial charge is 0.123 e. The molecule has 2 aromatic rings. The fourth-order valence-corrected chi connectivity index (χ4v) is 2.39. The molecular formula is C17H19F2N. The van der Waals surface area contributed by atoms with Crippen molar-refractivity contribution in [3.8, 4) is 0 Å². The molecule has 0 saturated carbocycles. The van der Waals surface area contributed by atoms with E-state index in [2.05, 4.69) is 0 Å². The third-order valence-electron chi connectivity index (χ3n) is 3.94. The quantitative estimate of drug-likeness (QED) is 0.890. The van der Waals surface area contributed by atoms with Crippen LogP contribution in [0, 0.1) is 18.6 Å². The number of nitrogens with two attached hydrogens (primary N) is 1. The molecule has 0 radical (unpaired) electrons. The number of hydrogen-bond donors (Lipinski definition) is 1. The van der Waals surface area contributed by atoms with Crippen LogP contribution in [0.2, 0.25) is 0 Å². The molecule has 1 unspecified atom stereocenters. The summed E-state index contributed by atoms with van der Waals surface area (Å²) in [7, 11) is 0. The van der Waals surface area contributed by atoms with Crippen molar-refractivity contribution in [1.82, 2.24) is 0 Å². The van der Waals surface area contributed by atoms with Gasteiger partial charge >= 0.3 is 0 Å². The summed E-state index contributed by atoms with van der Waals surface area (Å²) in [5, 5.41) is 0. The maximum Gasteiger partial charge on any atom is 0.123 e. The van der Waals surface area contributed by atoms with Crippen molar-refractivity contribution in [3.05, 3.63) is 70.8 Å². The Morgan fingerprint density at radius 3 is 2.10 bits per heavy atom. The molecular weight excluding hydrogens is 256 g/mol. The van der Waals surface area contributed by atoms with E-state index in [4.69, 9.17) is 5.73 Å². The first-order valence-corrected chi connectivity index (χ1v) is 6.60. The van der Waals surface area contributed by atoms with Gasteiger partial charge < -0.3 is 5.73 Å². The maximum atomic E-state index is 13.4. The molecule has 0 spiro atoms. The summed E-state index contributed by atoms with van der Waals surface area (Å²) in [6.45, 7) is 5.87. The Morgan fingerprint density at radius 1 is 0.950 bits per heavy atom. The third-order valence-corrected chi connectivity index (χ3v) is 3.94. The number of aryl methyl sites for hydroxylation is 1. The van der Waals surface area contributed by atoms with Gasteiger partial charge in [-0.15, -0.1) is 0 Å². The molecule has 1 atom stereocenters. The van der Waals surface area contributed by atoms with Crippen LogP contribution in [-0.2, 0) is 5.41 Å². The number of rotatable bonds is 3. The van der Waals surface area contributed by atoms with Crippen molar-refractivity contribution in [2.45, 2.75) is 32.2 Å². The largest absolute Gasteiger partial charge is 0.323 e. The molecule has 0 bridgehead atoms. The molecule has 0 heterocycles. The SMILES string of the molecule is Cc1ccc(F)cc1C(N)C(C)(C)c1ccc(F)cc1. The van der Waals surface area contributed by atoms with Crippen LogP contribution in [0.3, 0.4) is 0 Å². The van der Waals surface area contributed by atoms with Gasteiger partial charge in [0.1, 0.15) is 11.6 Å². The Labute approximate surface area is 118 Å². The lowest BCUT2D eigenvalue weighted by Gasteiger charge is -2.33. The predicted octanol–water partition coefficient (Wildman–Crippen LogP) is 4.25. The fraction of sp³-hybridized carbons (Fsp3) is 0.294. The standard InChI is InChI=1S/C17H19F2N/c1-11-4-7-14(19)10-15(11)16(20)17(2,3)12-5-8-13(18)9-6-12/h4-10,16H,20H2,1-3H3. The average Bonchev–Trinajstić information content (AvgIpc) is 2.41. The maximum absolute atomic E-state index is 13.4. The van der Waals surface area contributed by atoms with Crippen LogP contribution in [0.5, 0.6) is 0 Å². The molecule has 0 fully saturated rings. The van der Waals surface area contributed by atoms with Crippen LogP contribution >= 0.6 is 0 Å². The van der Waals surface area contributed by atoms with E-state index in [-0.39, 0.29) is 17.7 Å². The second-order valence-electron chi connectivity index (χ2n) is 5.71. The highest BCUT2D eigenvalue weighted by Gasteiger charge is 2.30. The summed E-state index contributed by atoms with van der Waals surface area (Å²) in [5.41, 5.74) is 8.58. The lowest BCUT2D eigenvalue weighted by molar-refractivity contribution is 0.417. The third kappa shape index (κ3) is 2.73. The minimum Gasteiger partial charge on any atom is -0.323 e. The molecule has 2 N–H and O–H groups in total. The highest BCUT2D eigenvalue weighted by atomic mass is 19.1. The van der Waals surface area contributed by atoms with Gasteiger partial charge in [0.25, 0.3) is 0 Å². The summed E-state index contributed by atoms with van der Waals surface area (Å²) in [6, 6.07) is 10.6. The van der Waals surface area contributed by atoms with Crippen molar-refractivity contribution in [1.29, 1.82) is 0 Å². The van der Waals surface area contributed by atoms with Gasteiger partial charge in [-0.25, -0.2) is 8.78 Å². The highest BCUT2D eigenvalue weighted by molar-refractivity contribution is 5.36. The van der Waals surface area contributed by atoms with Gasteiger partial charge in [0.05, 0.1) is 0 Å². The van der Waals surface area contributed by atoms with Gasteiger partial charge in [-0.05, 0) is 47.9 Å². The summed E-state index contributed by atoms with van der Waals surface area (Å²) in [6.07, 6.45) is 0. The van der Waals surface area contributed by atoms with Crippen LogP contribution in [0.4, 0.5) is 8.78 Å². The molecule has 2 rings (SSSR count). The number of halogens is 2. The Bertz CT molecular complexity index is 603. The van der Waals surface area contributed by atoms with E-state index in [1.165, 1.54) is 24.3 Å². The molecule has 106 valence electrons. The zero-order valence-electron chi connectivity index (χ0n) is 12.0. The first-order valence-electron chi connectivity index (χ1n) is 6.60. The van der Waals surface area contributed by atoms with Gasteiger partial charge in [-0.2, -0.15) is 0 Å². The molecule has 0 saturated heterocycles. The van der Waals surface area contributed by atoms with E-state index < -0.39 is 5.41 Å². The van der Waals surface area contributed by atoms with Crippen molar-refractivity contribution in [3.63, 3.8) is 0 Å². The van der Waals surface area contributed by atoms with Gasteiger partial charge in [0.15, 0.2) is 0 Å². The molecule has 2 aromatic carbocycles. The Balaban J connectivity index is 2.42. The minimum absolute atomic E-state index is 0.278. The lowest BCUT2D eigenvalue weighted by atomic mass is 9.74. The summed E-state index contributed by atoms with van der Waals surface area (Å²) in [5.74, 6) is -0.573. The van der Waals surface area contributed by atoms with Crippen LogP contribution in [0.25, 0.3) is 0 Å². The van der Waals surface area contributed by atoms with E-state index >= 15 is 0 Å². The van der Waals surface area contributed by atoms with Crippen LogP contribution < -0.4 is 5.73 Å². The van der Waals surface area contributed by atoms with Crippen molar-refractivity contribution in [2.75, 3.05) is 0 Å². The van der Waals surface area contributed by atoms with Crippen LogP contribution in [0.1, 0.15) is 36.6 Å². The molecule has 20 heavy (non-hydrogen) atoms. The lowest BCUT2D eigenvalue weighted by Crippen LogP contribution is -2.33. The van der Waals surface area contributed by atoms with Gasteiger partial charge in [0.2, 0.25) is 0 Å². The van der Waals surface area contributed by atoms with Crippen LogP contribution in [0.15, 0.2) is 42.5 Å². The topological polar surface area (TPSA) is 26.0 Å². The molecule has 1 nitrogen and oxygen atoms in total. The predicted molar refractivity (Wildman–Crippen MR) is 77.5 cm³/mol. The Kier molecular flexibility index (Phi) is 3.91. The highest BCUT2D eigenvalue weighted by Crippen LogP contribution is 2.36. The Hall–Kier alpha value is -1.74. The summed E-state index contributed by atoms with van der Waals surface area (Å²) >= 11 is 0. The number of hydrogen-bond acceptors (Lipinski definition) is 1. The molecule has 0 aliphatic heterocycles. The van der Waals surface area contributed by atoms with Gasteiger partial charge in [-0.3, -0.25) is 0 Å². The molecule has 0 aliphatic carbocycles. The molecule has 0 aliphatic rings. The van der Waals surface area contributed by atoms with Gasteiger partial charge in [0, 0.05) is 11.5 Å². The summed E-state index contributed by atoms with van der Waals surface area (Å²) < 4.78 is 26.5. The molecule has 3 heteroatoms. The first-order chi connectivity index (χ1) is 9.32. The Morgan fingerprint density at radius 2 is 1.50 bits per heavy atom. The average molecular weight is 275 g/mol. The van der Waals surface area contributed by atoms with E-state index in [9.17, 15) is 8.78 Å². The van der Waals surface area contributed by atoms with E-state index in [1.807, 2.05) is 20.8 Å². The molecule has 0 amide bonds. The monoisotopic (exact) mass is 275 g/mol. The molecule has 0 aromatic heterocycles. The van der Waals surface area contributed by atoms with E-state index in [0.29, 0.717) is 0 Å². The van der Waals surface area contributed by atoms with E-state index in [0.717, 1.165) is 16.7 Å². The minimum atomic E-state index is -0.424. The van der Waals surface area contributed by atoms with Crippen molar-refractivity contribution in [2.24, 2.45) is 5.73 Å². The van der Waals surface area contributed by atoms with Crippen molar-refractivity contribution < 1.29 is 8.78 Å². The summed E-state index contributed by atoms with van der Waals surface area (Å²) in [4.78, 5) is 0. The van der Waals surface area contributed by atoms with Crippen molar-refractivity contribution >= 4 is 0 Å². The fourth-order valence-electron chi connectivity index (χ4n) is 2.39. The number of benzene rings is 2. The van der Waals surface area contributed by atoms with Gasteiger partial charge in [-0.1, -0.05) is 32.0 Å². The van der Waals surface area contributed by atoms with Crippen LogP contribution in [-0.4, -0.2) is 0 Å². The zero-order valence-corrected chi connectivity index (χ0v) is 12.0. The normalized spacial score (nSPS) is 13.3. The zero-order chi connectivity index (χ0) is 14.9. The van der Waals surface area contributed by atoms with E-state index in [1.54, 1.807) is 18.2 Å².